The van der Waals surface area contributed by atoms with Gasteiger partial charge in [-0.2, -0.15) is 0 Å². The van der Waals surface area contributed by atoms with Gasteiger partial charge in [-0.25, -0.2) is 9.18 Å². The zero-order valence-electron chi connectivity index (χ0n) is 19.4. The molecule has 3 heterocycles. The van der Waals surface area contributed by atoms with Crippen LogP contribution in [-0.4, -0.2) is 42.8 Å². The van der Waals surface area contributed by atoms with Gasteiger partial charge in [-0.15, -0.1) is 11.3 Å². The summed E-state index contributed by atoms with van der Waals surface area (Å²) < 4.78 is 25.2. The molecule has 0 bridgehead atoms. The molecule has 3 aliphatic rings. The molecular formula is C26H33FN2O3S. The minimum absolute atomic E-state index is 0.0355. The number of nitrogens with one attached hydrogen (secondary N) is 1. The van der Waals surface area contributed by atoms with Crippen LogP contribution in [0.25, 0.3) is 0 Å². The van der Waals surface area contributed by atoms with Gasteiger partial charge < -0.3 is 19.7 Å². The number of hydrogen-bond donors (Lipinski definition) is 1. The molecule has 178 valence electrons. The highest BCUT2D eigenvalue weighted by Crippen LogP contribution is 2.46. The minimum Gasteiger partial charge on any atom is -0.407 e. The third-order valence-corrected chi connectivity index (χ3v) is 8.89. The fourth-order valence-corrected chi connectivity index (χ4v) is 6.88. The van der Waals surface area contributed by atoms with Crippen LogP contribution in [0.4, 0.5) is 9.18 Å². The van der Waals surface area contributed by atoms with E-state index in [2.05, 4.69) is 30.1 Å². The summed E-state index contributed by atoms with van der Waals surface area (Å²) in [5, 5.41) is 2.87. The summed E-state index contributed by atoms with van der Waals surface area (Å²) in [6.45, 7) is 7.49. The van der Waals surface area contributed by atoms with Crippen LogP contribution in [0.1, 0.15) is 54.8 Å². The molecule has 2 fully saturated rings. The number of aryl methyl sites for hydroxylation is 1. The van der Waals surface area contributed by atoms with Crippen molar-refractivity contribution in [1.29, 1.82) is 0 Å². The number of thiophene rings is 1. The molecule has 5 nitrogen and oxygen atoms in total. The van der Waals surface area contributed by atoms with Gasteiger partial charge in [0.1, 0.15) is 0 Å². The average molecular weight is 473 g/mol. The van der Waals surface area contributed by atoms with Crippen LogP contribution in [0.15, 0.2) is 30.3 Å². The Balaban J connectivity index is 1.10. The van der Waals surface area contributed by atoms with Gasteiger partial charge in [0.2, 0.25) is 0 Å². The predicted octanol–water partition coefficient (Wildman–Crippen LogP) is 5.27. The maximum absolute atomic E-state index is 13.7. The van der Waals surface area contributed by atoms with E-state index in [-0.39, 0.29) is 17.4 Å². The number of halogens is 1. The number of fused-ring (bicyclic) bond motifs is 2. The molecule has 1 saturated heterocycles. The SMILES string of the molecule is CCc1cc2c(s1)CCO[C@@]21CCN(C[C@H]2C[C@@H](NC(=O)Oc3ccccc3F)C2)[C@@H](C)C1. The second kappa shape index (κ2) is 9.35. The number of ether oxygens (including phenoxy) is 2. The monoisotopic (exact) mass is 472 g/mol. The second-order valence-corrected chi connectivity index (χ2v) is 11.0. The molecule has 1 N–H and O–H groups in total. The van der Waals surface area contributed by atoms with Gasteiger partial charge in [-0.05, 0) is 68.7 Å². The molecule has 7 heteroatoms. The molecule has 1 aromatic carbocycles. The third-order valence-electron chi connectivity index (χ3n) is 7.55. The zero-order chi connectivity index (χ0) is 23.0. The molecule has 1 amide bonds. The number of piperidine rings is 1. The Morgan fingerprint density at radius 2 is 2.18 bits per heavy atom. The Hall–Kier alpha value is -1.96. The molecule has 1 aromatic heterocycles. The van der Waals surface area contributed by atoms with E-state index >= 15 is 0 Å². The van der Waals surface area contributed by atoms with E-state index in [0.717, 1.165) is 58.2 Å². The summed E-state index contributed by atoms with van der Waals surface area (Å²) in [7, 11) is 0. The third kappa shape index (κ3) is 4.68. The molecular weight excluding hydrogens is 439 g/mol. The highest BCUT2D eigenvalue weighted by molar-refractivity contribution is 7.12. The summed E-state index contributed by atoms with van der Waals surface area (Å²) in [4.78, 5) is 17.7. The first-order chi connectivity index (χ1) is 16.0. The van der Waals surface area contributed by atoms with Gasteiger partial charge in [-0.3, -0.25) is 0 Å². The Morgan fingerprint density at radius 3 is 2.94 bits per heavy atom. The van der Waals surface area contributed by atoms with Gasteiger partial charge in [0.15, 0.2) is 11.6 Å². The van der Waals surface area contributed by atoms with Gasteiger partial charge >= 0.3 is 6.09 Å². The van der Waals surface area contributed by atoms with E-state index in [9.17, 15) is 9.18 Å². The first-order valence-electron chi connectivity index (χ1n) is 12.2. The quantitative estimate of drug-likeness (QED) is 0.644. The molecule has 1 saturated carbocycles. The highest BCUT2D eigenvalue weighted by Gasteiger charge is 2.45. The standard InChI is InChI=1S/C26H33FN2O3S/c1-3-20-14-21-24(33-20)8-11-31-26(21)9-10-29(17(2)15-26)16-18-12-19(13-18)28-25(30)32-23-7-5-4-6-22(23)27/h4-7,14,17-19H,3,8-13,15-16H2,1-2H3,(H,28,30)/t17-,18-,19+,26+/m0/s1. The summed E-state index contributed by atoms with van der Waals surface area (Å²) >= 11 is 1.98. The summed E-state index contributed by atoms with van der Waals surface area (Å²) in [5.41, 5.74) is 1.36. The molecule has 2 aliphatic heterocycles. The lowest BCUT2D eigenvalue weighted by atomic mass is 9.76. The van der Waals surface area contributed by atoms with E-state index in [4.69, 9.17) is 9.47 Å². The number of carbonyl (C=O) groups is 1. The number of nitrogens with zero attached hydrogens (tertiary/aromatic N) is 1. The molecule has 2 aromatic rings. The maximum Gasteiger partial charge on any atom is 0.412 e. The van der Waals surface area contributed by atoms with E-state index < -0.39 is 11.9 Å². The van der Waals surface area contributed by atoms with Crippen LogP contribution in [0.5, 0.6) is 5.75 Å². The maximum atomic E-state index is 13.7. The van der Waals surface area contributed by atoms with Crippen LogP contribution >= 0.6 is 11.3 Å². The Labute approximate surface area is 199 Å². The topological polar surface area (TPSA) is 50.8 Å². The fourth-order valence-electron chi connectivity index (χ4n) is 5.70. The lowest BCUT2D eigenvalue weighted by Gasteiger charge is -2.49. The van der Waals surface area contributed by atoms with Crippen molar-refractivity contribution in [3.05, 3.63) is 51.5 Å². The summed E-state index contributed by atoms with van der Waals surface area (Å²) in [6, 6.07) is 8.94. The zero-order valence-corrected chi connectivity index (χ0v) is 20.3. The van der Waals surface area contributed by atoms with Crippen LogP contribution in [-0.2, 0) is 23.2 Å². The number of para-hydroxylation sites is 1. The van der Waals surface area contributed by atoms with Gasteiger partial charge in [0, 0.05) is 41.3 Å². The molecule has 33 heavy (non-hydrogen) atoms. The van der Waals surface area contributed by atoms with Crippen LogP contribution < -0.4 is 10.1 Å². The van der Waals surface area contributed by atoms with Crippen LogP contribution in [0.3, 0.4) is 0 Å². The summed E-state index contributed by atoms with van der Waals surface area (Å²) in [6.07, 6.45) is 5.54. The molecule has 0 unspecified atom stereocenters. The lowest BCUT2D eigenvalue weighted by molar-refractivity contribution is -0.114. The van der Waals surface area contributed by atoms with Crippen LogP contribution in [0, 0.1) is 11.7 Å². The lowest BCUT2D eigenvalue weighted by Crippen LogP contribution is -2.54. The van der Waals surface area contributed by atoms with Crippen molar-refractivity contribution in [2.24, 2.45) is 5.92 Å². The van der Waals surface area contributed by atoms with Crippen molar-refractivity contribution in [3.8, 4) is 5.75 Å². The molecule has 1 aliphatic carbocycles. The van der Waals surface area contributed by atoms with Crippen LogP contribution in [0.2, 0.25) is 0 Å². The van der Waals surface area contributed by atoms with Gasteiger partial charge in [0.25, 0.3) is 0 Å². The molecule has 2 atom stereocenters. The summed E-state index contributed by atoms with van der Waals surface area (Å²) in [5.74, 6) is 0.00100. The smallest absolute Gasteiger partial charge is 0.407 e. The van der Waals surface area contributed by atoms with E-state index in [1.165, 1.54) is 27.5 Å². The molecule has 0 radical (unpaired) electrons. The normalized spacial score (nSPS) is 29.4. The van der Waals surface area contributed by atoms with Crippen molar-refractivity contribution in [3.63, 3.8) is 0 Å². The van der Waals surface area contributed by atoms with Crippen molar-refractivity contribution in [2.75, 3.05) is 19.7 Å². The van der Waals surface area contributed by atoms with Crippen molar-refractivity contribution in [1.82, 2.24) is 10.2 Å². The van der Waals surface area contributed by atoms with Gasteiger partial charge in [-0.1, -0.05) is 19.1 Å². The van der Waals surface area contributed by atoms with Crippen molar-refractivity contribution >= 4 is 17.4 Å². The second-order valence-electron chi connectivity index (χ2n) is 9.79. The Kier molecular flexibility index (Phi) is 6.47. The minimum atomic E-state index is -0.579. The van der Waals surface area contributed by atoms with E-state index in [1.807, 2.05) is 11.3 Å². The fraction of sp³-hybridized carbons (Fsp3) is 0.577. The first kappa shape index (κ1) is 22.8. The number of likely N-dealkylation sites (tertiary alicyclic amines) is 1. The van der Waals surface area contributed by atoms with Crippen molar-refractivity contribution < 1.29 is 18.7 Å². The largest absolute Gasteiger partial charge is 0.412 e. The molecule has 1 spiro atoms. The number of carbonyl (C=O) groups excluding carboxylic acids is 1. The predicted molar refractivity (Wildman–Crippen MR) is 127 cm³/mol. The molecule has 5 rings (SSSR count). The average Bonchev–Trinajstić information content (AvgIpc) is 3.21. The number of hydrogen-bond acceptors (Lipinski definition) is 5. The number of benzene rings is 1. The first-order valence-corrected chi connectivity index (χ1v) is 13.0. The van der Waals surface area contributed by atoms with E-state index in [1.54, 1.807) is 12.1 Å². The van der Waals surface area contributed by atoms with E-state index in [0.29, 0.717) is 12.0 Å². The van der Waals surface area contributed by atoms with Crippen molar-refractivity contribution in [2.45, 2.75) is 70.1 Å². The Morgan fingerprint density at radius 1 is 1.36 bits per heavy atom. The van der Waals surface area contributed by atoms with Gasteiger partial charge in [0.05, 0.1) is 12.2 Å². The Bertz CT molecular complexity index is 1010. The number of rotatable bonds is 5. The number of amides is 1. The highest BCUT2D eigenvalue weighted by atomic mass is 32.1.